The average molecular weight is 231 g/mol. The van der Waals surface area contributed by atoms with Gasteiger partial charge in [0.1, 0.15) is 5.65 Å². The van der Waals surface area contributed by atoms with Crippen LogP contribution < -0.4 is 10.7 Å². The van der Waals surface area contributed by atoms with E-state index >= 15 is 0 Å². The van der Waals surface area contributed by atoms with Crippen molar-refractivity contribution in [2.75, 3.05) is 13.1 Å². The summed E-state index contributed by atoms with van der Waals surface area (Å²) in [6.45, 7) is 4.25. The number of pyridine rings is 1. The number of rotatable bonds is 1. The van der Waals surface area contributed by atoms with Crippen molar-refractivity contribution >= 4 is 5.65 Å². The number of hydrogen-bond acceptors (Lipinski definition) is 2. The van der Waals surface area contributed by atoms with Crippen LogP contribution in [0.15, 0.2) is 23.1 Å². The lowest BCUT2D eigenvalue weighted by Gasteiger charge is -2.22. The first-order valence-electron chi connectivity index (χ1n) is 6.17. The molecule has 0 radical (unpaired) electrons. The molecule has 4 heteroatoms. The first-order valence-corrected chi connectivity index (χ1v) is 6.17. The van der Waals surface area contributed by atoms with Gasteiger partial charge in [0.2, 0.25) is 0 Å². The molecular weight excluding hydrogens is 214 g/mol. The molecule has 1 fully saturated rings. The molecule has 2 aromatic rings. The fourth-order valence-corrected chi connectivity index (χ4v) is 2.72. The van der Waals surface area contributed by atoms with Crippen molar-refractivity contribution in [1.82, 2.24) is 14.7 Å². The highest BCUT2D eigenvalue weighted by Crippen LogP contribution is 2.25. The Kier molecular flexibility index (Phi) is 2.52. The Hall–Kier alpha value is -1.55. The monoisotopic (exact) mass is 231 g/mol. The van der Waals surface area contributed by atoms with Gasteiger partial charge >= 0.3 is 0 Å². The lowest BCUT2D eigenvalue weighted by molar-refractivity contribution is 0.454. The molecule has 0 bridgehead atoms. The van der Waals surface area contributed by atoms with Gasteiger partial charge < -0.3 is 14.7 Å². The first-order chi connectivity index (χ1) is 8.25. The highest BCUT2D eigenvalue weighted by molar-refractivity contribution is 5.43. The van der Waals surface area contributed by atoms with Crippen LogP contribution in [0.25, 0.3) is 5.65 Å². The molecule has 1 aliphatic heterocycles. The standard InChI is InChI=1S/C13H17N3O/c1-9-13(10-3-2-5-14-8-10)15-12-7-11(17)4-6-16(9)12/h4,6-7,10,14-15H,2-3,5,8H2,1H3. The second kappa shape index (κ2) is 4.04. The van der Waals surface area contributed by atoms with Crippen molar-refractivity contribution in [2.24, 2.45) is 0 Å². The van der Waals surface area contributed by atoms with Crippen LogP contribution in [0, 0.1) is 6.92 Å². The highest BCUT2D eigenvalue weighted by Gasteiger charge is 2.19. The Balaban J connectivity index is 2.10. The summed E-state index contributed by atoms with van der Waals surface area (Å²) in [6.07, 6.45) is 4.28. The zero-order valence-corrected chi connectivity index (χ0v) is 9.99. The van der Waals surface area contributed by atoms with Gasteiger partial charge in [-0.3, -0.25) is 4.79 Å². The second-order valence-corrected chi connectivity index (χ2v) is 4.79. The first kappa shape index (κ1) is 10.6. The van der Waals surface area contributed by atoms with Gasteiger partial charge in [-0.25, -0.2) is 0 Å². The Bertz CT molecular complexity index is 590. The van der Waals surface area contributed by atoms with Gasteiger partial charge in [-0.15, -0.1) is 0 Å². The second-order valence-electron chi connectivity index (χ2n) is 4.79. The van der Waals surface area contributed by atoms with Crippen LogP contribution in [-0.4, -0.2) is 22.5 Å². The molecular formula is C13H17N3O. The number of hydrogen-bond donors (Lipinski definition) is 2. The van der Waals surface area contributed by atoms with Crippen LogP contribution in [-0.2, 0) is 0 Å². The molecule has 4 nitrogen and oxygen atoms in total. The minimum atomic E-state index is 0.0552. The maximum Gasteiger partial charge on any atom is 0.183 e. The van der Waals surface area contributed by atoms with Crippen molar-refractivity contribution in [2.45, 2.75) is 25.7 Å². The molecule has 1 atom stereocenters. The highest BCUT2D eigenvalue weighted by atomic mass is 16.1. The number of H-pyrrole nitrogens is 1. The number of aryl methyl sites for hydroxylation is 1. The van der Waals surface area contributed by atoms with Crippen LogP contribution in [0.1, 0.15) is 30.1 Å². The van der Waals surface area contributed by atoms with E-state index in [2.05, 4.69) is 21.6 Å². The Labute approximate surface area is 99.7 Å². The normalized spacial score (nSPS) is 20.9. The lowest BCUT2D eigenvalue weighted by atomic mass is 9.95. The molecule has 3 heterocycles. The van der Waals surface area contributed by atoms with E-state index in [-0.39, 0.29) is 5.43 Å². The molecule has 1 unspecified atom stereocenters. The van der Waals surface area contributed by atoms with Crippen molar-refractivity contribution in [3.05, 3.63) is 39.9 Å². The molecule has 0 aromatic carbocycles. The minimum absolute atomic E-state index is 0.0552. The summed E-state index contributed by atoms with van der Waals surface area (Å²) in [4.78, 5) is 14.7. The number of nitrogens with zero attached hydrogens (tertiary/aromatic N) is 1. The largest absolute Gasteiger partial charge is 0.343 e. The van der Waals surface area contributed by atoms with Gasteiger partial charge in [0.25, 0.3) is 0 Å². The Morgan fingerprint density at radius 2 is 2.35 bits per heavy atom. The summed E-state index contributed by atoms with van der Waals surface area (Å²) < 4.78 is 2.06. The third kappa shape index (κ3) is 1.78. The quantitative estimate of drug-likeness (QED) is 0.779. The number of nitrogens with one attached hydrogen (secondary N) is 2. The number of imidazole rings is 1. The predicted molar refractivity (Wildman–Crippen MR) is 67.6 cm³/mol. The third-order valence-corrected chi connectivity index (χ3v) is 3.65. The van der Waals surface area contributed by atoms with Crippen molar-refractivity contribution in [3.8, 4) is 0 Å². The van der Waals surface area contributed by atoms with E-state index in [1.165, 1.54) is 24.2 Å². The predicted octanol–water partition coefficient (Wildman–Crippen LogP) is 1.40. The Morgan fingerprint density at radius 3 is 3.12 bits per heavy atom. The molecule has 0 spiro atoms. The number of aromatic nitrogens is 2. The van der Waals surface area contributed by atoms with E-state index in [1.807, 2.05) is 6.20 Å². The summed E-state index contributed by atoms with van der Waals surface area (Å²) >= 11 is 0. The van der Waals surface area contributed by atoms with E-state index < -0.39 is 0 Å². The smallest absolute Gasteiger partial charge is 0.183 e. The molecule has 17 heavy (non-hydrogen) atoms. The van der Waals surface area contributed by atoms with E-state index in [0.717, 1.165) is 18.7 Å². The zero-order chi connectivity index (χ0) is 11.8. The van der Waals surface area contributed by atoms with E-state index in [9.17, 15) is 4.79 Å². The van der Waals surface area contributed by atoms with Gasteiger partial charge in [-0.1, -0.05) is 0 Å². The topological polar surface area (TPSA) is 49.3 Å². The van der Waals surface area contributed by atoms with Crippen molar-refractivity contribution in [3.63, 3.8) is 0 Å². The summed E-state index contributed by atoms with van der Waals surface area (Å²) in [7, 11) is 0. The molecule has 1 saturated heterocycles. The van der Waals surface area contributed by atoms with Crippen molar-refractivity contribution in [1.29, 1.82) is 0 Å². The van der Waals surface area contributed by atoms with E-state index in [0.29, 0.717) is 5.92 Å². The molecule has 90 valence electrons. The lowest BCUT2D eigenvalue weighted by Crippen LogP contribution is -2.28. The van der Waals surface area contributed by atoms with Crippen LogP contribution in [0.5, 0.6) is 0 Å². The average Bonchev–Trinajstić information content (AvgIpc) is 2.67. The van der Waals surface area contributed by atoms with Crippen LogP contribution in [0.2, 0.25) is 0 Å². The number of aromatic amines is 1. The van der Waals surface area contributed by atoms with Gasteiger partial charge in [-0.05, 0) is 26.3 Å². The molecule has 2 aromatic heterocycles. The van der Waals surface area contributed by atoms with Crippen LogP contribution >= 0.6 is 0 Å². The Morgan fingerprint density at radius 1 is 1.47 bits per heavy atom. The molecule has 0 saturated carbocycles. The molecule has 0 amide bonds. The van der Waals surface area contributed by atoms with E-state index in [4.69, 9.17) is 0 Å². The molecule has 2 N–H and O–H groups in total. The number of fused-ring (bicyclic) bond motifs is 1. The fourth-order valence-electron chi connectivity index (χ4n) is 2.72. The zero-order valence-electron chi connectivity index (χ0n) is 9.99. The summed E-state index contributed by atoms with van der Waals surface area (Å²) in [5.74, 6) is 0.541. The van der Waals surface area contributed by atoms with E-state index in [1.54, 1.807) is 12.1 Å². The summed E-state index contributed by atoms with van der Waals surface area (Å²) in [5.41, 5.74) is 3.44. The molecule has 0 aliphatic carbocycles. The van der Waals surface area contributed by atoms with Gasteiger partial charge in [0.15, 0.2) is 5.43 Å². The van der Waals surface area contributed by atoms with Gasteiger partial charge in [0.05, 0.1) is 0 Å². The minimum Gasteiger partial charge on any atom is -0.343 e. The van der Waals surface area contributed by atoms with Gasteiger partial charge in [-0.2, -0.15) is 0 Å². The maximum absolute atomic E-state index is 11.3. The van der Waals surface area contributed by atoms with Crippen LogP contribution in [0.3, 0.4) is 0 Å². The molecule has 3 rings (SSSR count). The number of piperidine rings is 1. The summed E-state index contributed by atoms with van der Waals surface area (Å²) in [5, 5.41) is 3.43. The SMILES string of the molecule is Cc1c(C2CCCNC2)[nH]c2cc(=O)ccn12. The maximum atomic E-state index is 11.3. The van der Waals surface area contributed by atoms with Gasteiger partial charge in [0, 0.05) is 42.2 Å². The summed E-state index contributed by atoms with van der Waals surface area (Å²) in [6, 6.07) is 3.27. The fraction of sp³-hybridized carbons (Fsp3) is 0.462. The van der Waals surface area contributed by atoms with Crippen LogP contribution in [0.4, 0.5) is 0 Å². The molecule has 1 aliphatic rings. The third-order valence-electron chi connectivity index (χ3n) is 3.65. The van der Waals surface area contributed by atoms with Crippen molar-refractivity contribution < 1.29 is 0 Å².